The molecule has 622 valence electrons. The van der Waals surface area contributed by atoms with Crippen LogP contribution in [0.3, 0.4) is 0 Å². The van der Waals surface area contributed by atoms with Crippen LogP contribution in [0.25, 0.3) is 56.8 Å². The number of aromatic nitrogens is 16. The Hall–Kier alpha value is -8.72. The summed E-state index contributed by atoms with van der Waals surface area (Å²) in [6, 6.07) is 25.6. The smallest absolute Gasteiger partial charge is 0.175 e. The quantitative estimate of drug-likeness (QED) is 0.0153. The van der Waals surface area contributed by atoms with Gasteiger partial charge < -0.3 is 62.5 Å². The topological polar surface area (TPSA) is 327 Å². The van der Waals surface area contributed by atoms with Crippen molar-refractivity contribution in [2.45, 2.75) is 226 Å². The highest BCUT2D eigenvalue weighted by atomic mass is 35.5. The van der Waals surface area contributed by atoms with E-state index in [4.69, 9.17) is 89.3 Å². The number of hydrogen-bond donors (Lipinski definition) is 8. The number of benzene rings is 4. The number of imidazole rings is 4. The SMILES string of the molecule is C/C=C/c1cc(Cl)cc(Sc2nc3c(N)ncnc3n2CCCNC(C)C)c1.CC(C)=Cc1cc(Cl)cc(Sc2nc3c(N)ncnc3n2CCCNC(C)C)c1.CC(C)NCCCn1c(Sc2cc(Cl)cc(C#CC(C)(C)C)c2)nc2c(N)ncnc21.CC(C)NCCCn1c(Sc2cc(Cl)cc(C#CC3CC3)c2)nc2c(N)ncnc21. The van der Waals surface area contributed by atoms with Crippen molar-refractivity contribution in [3.05, 3.63) is 152 Å². The minimum absolute atomic E-state index is 0.0795. The zero-order chi connectivity index (χ0) is 84.7. The first-order valence-electron chi connectivity index (χ1n) is 39.5. The number of nitrogen functional groups attached to an aromatic ring is 4. The fraction of sp³-hybridized carbons (Fsp3) is 0.395. The molecule has 0 bridgehead atoms. The van der Waals surface area contributed by atoms with Crippen molar-refractivity contribution in [2.24, 2.45) is 11.3 Å². The lowest BCUT2D eigenvalue weighted by Crippen LogP contribution is -2.24. The summed E-state index contributed by atoms with van der Waals surface area (Å²) >= 11 is 31.6. The van der Waals surface area contributed by atoms with Gasteiger partial charge in [-0.3, -0.25) is 0 Å². The highest BCUT2D eigenvalue weighted by Gasteiger charge is 2.23. The average Bonchev–Trinajstić information content (AvgIpc) is 1.66. The Morgan fingerprint density at radius 3 is 1.05 bits per heavy atom. The van der Waals surface area contributed by atoms with E-state index < -0.39 is 0 Å². The van der Waals surface area contributed by atoms with Crippen LogP contribution in [-0.2, 0) is 26.2 Å². The third-order valence-corrected chi connectivity index (χ3v) is 22.0. The predicted octanol–water partition coefficient (Wildman–Crippen LogP) is 19.0. The molecule has 24 nitrogen and oxygen atoms in total. The highest BCUT2D eigenvalue weighted by molar-refractivity contribution is 8.00. The molecular weight excluding hydrogens is 1640 g/mol. The van der Waals surface area contributed by atoms with Crippen molar-refractivity contribution in [3.8, 4) is 23.7 Å². The van der Waals surface area contributed by atoms with E-state index in [1.807, 2.05) is 73.7 Å². The maximum atomic E-state index is 6.38. The maximum Gasteiger partial charge on any atom is 0.175 e. The molecule has 12 N–H and O–H groups in total. The number of nitrogens with one attached hydrogen (secondary N) is 4. The molecule has 32 heteroatoms. The van der Waals surface area contributed by atoms with Crippen molar-refractivity contribution < 1.29 is 0 Å². The molecule has 0 spiro atoms. The van der Waals surface area contributed by atoms with Gasteiger partial charge in [-0.15, -0.1) is 0 Å². The van der Waals surface area contributed by atoms with E-state index >= 15 is 0 Å². The van der Waals surface area contributed by atoms with Gasteiger partial charge in [-0.05, 0) is 190 Å². The second-order valence-electron chi connectivity index (χ2n) is 30.7. The Morgan fingerprint density at radius 2 is 0.746 bits per heavy atom. The molecule has 8 heterocycles. The minimum atomic E-state index is -0.0795. The summed E-state index contributed by atoms with van der Waals surface area (Å²) < 4.78 is 8.43. The van der Waals surface area contributed by atoms with Crippen molar-refractivity contribution in [3.63, 3.8) is 0 Å². The van der Waals surface area contributed by atoms with E-state index in [1.165, 1.54) is 55.5 Å². The molecule has 12 aromatic rings. The zero-order valence-corrected chi connectivity index (χ0v) is 75.7. The van der Waals surface area contributed by atoms with E-state index in [-0.39, 0.29) is 5.41 Å². The minimum Gasteiger partial charge on any atom is -0.382 e. The van der Waals surface area contributed by atoms with Crippen molar-refractivity contribution in [1.82, 2.24) is 99.3 Å². The van der Waals surface area contributed by atoms with E-state index in [0.29, 0.717) is 95.5 Å². The Kier molecular flexibility index (Phi) is 34.2. The van der Waals surface area contributed by atoms with Crippen LogP contribution < -0.4 is 44.2 Å². The highest BCUT2D eigenvalue weighted by Crippen LogP contribution is 2.39. The normalized spacial score (nSPS) is 12.2. The Bertz CT molecular complexity index is 5600. The monoisotopic (exact) mass is 1740 g/mol. The number of aryl methyl sites for hydroxylation is 4. The van der Waals surface area contributed by atoms with Gasteiger partial charge in [0.05, 0.1) is 0 Å². The summed E-state index contributed by atoms with van der Waals surface area (Å²) in [4.78, 5) is 57.0. The van der Waals surface area contributed by atoms with Crippen LogP contribution in [0.2, 0.25) is 20.1 Å². The largest absolute Gasteiger partial charge is 0.382 e. The molecule has 1 saturated carbocycles. The van der Waals surface area contributed by atoms with Crippen molar-refractivity contribution >= 4 is 174 Å². The molecule has 0 saturated heterocycles. The molecule has 0 radical (unpaired) electrons. The molecule has 1 aliphatic carbocycles. The van der Waals surface area contributed by atoms with E-state index in [1.54, 1.807) is 35.3 Å². The van der Waals surface area contributed by atoms with Gasteiger partial charge in [0, 0.05) is 112 Å². The van der Waals surface area contributed by atoms with E-state index in [0.717, 1.165) is 163 Å². The van der Waals surface area contributed by atoms with Crippen LogP contribution in [0.1, 0.15) is 158 Å². The maximum absolute atomic E-state index is 6.38. The van der Waals surface area contributed by atoms with Gasteiger partial charge in [0.15, 0.2) is 88.6 Å². The summed E-state index contributed by atoms with van der Waals surface area (Å²) in [5, 5.41) is 19.8. The van der Waals surface area contributed by atoms with Crippen LogP contribution in [-0.4, -0.2) is 128 Å². The molecule has 0 amide bonds. The first-order valence-corrected chi connectivity index (χ1v) is 44.3. The molecule has 0 aliphatic heterocycles. The van der Waals surface area contributed by atoms with Crippen molar-refractivity contribution in [2.75, 3.05) is 49.1 Å². The summed E-state index contributed by atoms with van der Waals surface area (Å²) in [5.74, 6) is 15.1. The van der Waals surface area contributed by atoms with Gasteiger partial charge in [0.2, 0.25) is 0 Å². The number of nitrogens with two attached hydrogens (primary N) is 4. The van der Waals surface area contributed by atoms with Crippen LogP contribution in [0, 0.1) is 35.0 Å². The number of hydrogen-bond acceptors (Lipinski definition) is 24. The fourth-order valence-electron chi connectivity index (χ4n) is 11.8. The van der Waals surface area contributed by atoms with Crippen LogP contribution >= 0.6 is 93.5 Å². The number of nitrogens with zero attached hydrogens (tertiary/aromatic N) is 16. The van der Waals surface area contributed by atoms with Gasteiger partial charge in [-0.1, -0.05) is 196 Å². The number of anilines is 4. The molecular formula is C86H106Cl4N24S4. The van der Waals surface area contributed by atoms with E-state index in [2.05, 4.69) is 217 Å². The van der Waals surface area contributed by atoms with E-state index in [9.17, 15) is 0 Å². The van der Waals surface area contributed by atoms with Crippen LogP contribution in [0.5, 0.6) is 0 Å². The average molecular weight is 1750 g/mol. The molecule has 0 unspecified atom stereocenters. The third kappa shape index (κ3) is 27.9. The predicted molar refractivity (Wildman–Crippen MR) is 492 cm³/mol. The number of rotatable bonds is 30. The molecule has 1 aliphatic rings. The first-order chi connectivity index (χ1) is 56.4. The zero-order valence-electron chi connectivity index (χ0n) is 69.4. The Balaban J connectivity index is 0.000000166. The standard InChI is InChI=1S/C23H29ClN6S.C22H25ClN6S.C21H27ClN6S.C20H25ClN6S/c1-15(2)26-9-6-10-30-21-19(20(25)27-14-28-21)29-22(30)31-18-12-16(11-17(24)13-18)7-8-23(3,4)5;1-14(2)25-8-3-9-29-21-19(20(24)26-13-27-21)28-22(29)30-18-11-16(10-17(23)12-18)7-6-15-4-5-15;1-13(2)8-15-9-16(22)11-17(10-15)29-21-27-18-19(23)25-12-26-20(18)28(21)7-5-6-24-14(3)4;1-4-6-14-9-15(21)11-16(10-14)28-20-26-17-18(22)24-12-25-19(17)27(20)8-5-7-23-13(2)3/h11-15,26H,6,9-10H2,1-5H3,(H2,25,27,28);10-15,25H,3-5,8-9H2,1-2H3,(H2,24,26,27);8-12,14,24H,5-7H2,1-4H3,(H2,23,25,26);4,6,9-13,23H,5,7-8H2,1-3H3,(H2,22,24,25)/b;;;6-4+. The molecule has 4 aromatic carbocycles. The van der Waals surface area contributed by atoms with Crippen molar-refractivity contribution in [1.29, 1.82) is 0 Å². The summed E-state index contributed by atoms with van der Waals surface area (Å²) in [6.07, 6.45) is 18.3. The van der Waals surface area contributed by atoms with Gasteiger partial charge in [-0.25, -0.2) is 59.8 Å². The molecule has 8 aromatic heterocycles. The lowest BCUT2D eigenvalue weighted by molar-refractivity contribution is 0.525. The molecule has 1 fully saturated rings. The Morgan fingerprint density at radius 1 is 0.441 bits per heavy atom. The Labute approximate surface area is 729 Å². The third-order valence-electron chi connectivity index (χ3n) is 17.3. The number of allylic oxidation sites excluding steroid dienone is 2. The van der Waals surface area contributed by atoms with Gasteiger partial charge in [0.1, 0.15) is 25.3 Å². The molecule has 13 rings (SSSR count). The lowest BCUT2D eigenvalue weighted by Gasteiger charge is -2.11. The van der Waals surface area contributed by atoms with Gasteiger partial charge in [0.25, 0.3) is 0 Å². The second kappa shape index (κ2) is 44.0. The summed E-state index contributed by atoms with van der Waals surface area (Å²) in [5.41, 5.74) is 34.8. The summed E-state index contributed by atoms with van der Waals surface area (Å²) in [7, 11) is 0. The fourth-order valence-corrected chi connectivity index (χ4v) is 17.1. The summed E-state index contributed by atoms with van der Waals surface area (Å²) in [6.45, 7) is 36.3. The van der Waals surface area contributed by atoms with Crippen LogP contribution in [0.15, 0.2) is 150 Å². The lowest BCUT2D eigenvalue weighted by atomic mass is 9.97. The number of halogens is 4. The molecule has 0 atom stereocenters. The van der Waals surface area contributed by atoms with Crippen LogP contribution in [0.4, 0.5) is 23.3 Å². The number of fused-ring (bicyclic) bond motifs is 4. The first kappa shape index (κ1) is 91.6. The second-order valence-corrected chi connectivity index (χ2v) is 36.6. The molecule has 118 heavy (non-hydrogen) atoms. The van der Waals surface area contributed by atoms with Gasteiger partial charge in [-0.2, -0.15) is 0 Å². The van der Waals surface area contributed by atoms with Gasteiger partial charge >= 0.3 is 0 Å².